The molecule has 0 N–H and O–H groups in total. The molecule has 0 unspecified atom stereocenters. The van der Waals surface area contributed by atoms with Crippen LogP contribution in [-0.4, -0.2) is 11.0 Å². The van der Waals surface area contributed by atoms with Crippen LogP contribution in [0.1, 0.15) is 0 Å². The van der Waals surface area contributed by atoms with Crippen molar-refractivity contribution in [3.63, 3.8) is 0 Å². The van der Waals surface area contributed by atoms with Crippen LogP contribution in [0.5, 0.6) is 0 Å². The lowest BCUT2D eigenvalue weighted by atomic mass is 10.3. The van der Waals surface area contributed by atoms with E-state index in [-0.39, 0.29) is 0 Å². The summed E-state index contributed by atoms with van der Waals surface area (Å²) < 4.78 is 74.3. The summed E-state index contributed by atoms with van der Waals surface area (Å²) in [5.74, 6) is 0. The van der Waals surface area contributed by atoms with E-state index in [9.17, 15) is 31.2 Å². The molecule has 0 aliphatic rings. The molecule has 0 aliphatic carbocycles. The van der Waals surface area contributed by atoms with Crippen LogP contribution in [0.4, 0.5) is 32.0 Å². The maximum atomic E-state index is 12.4. The van der Waals surface area contributed by atoms with Crippen LogP contribution in [0.2, 0.25) is 15.1 Å². The summed E-state index contributed by atoms with van der Waals surface area (Å²) in [6, 6.07) is 0. The largest absolute Gasteiger partial charge is 0.446 e. The number of nitroso groups, excluding NO2 is 1. The highest BCUT2D eigenvalue weighted by Crippen LogP contribution is 2.55. The zero-order valence-electron chi connectivity index (χ0n) is 9.07. The fourth-order valence-electron chi connectivity index (χ4n) is 1.10. The van der Waals surface area contributed by atoms with Gasteiger partial charge in [0.25, 0.3) is 0 Å². The summed E-state index contributed by atoms with van der Waals surface area (Å²) in [7, 11) is 0. The summed E-state index contributed by atoms with van der Waals surface area (Å²) >= 11 is 14.8. The minimum atomic E-state index is -4.89. The lowest BCUT2D eigenvalue weighted by Gasteiger charge is -2.16. The molecule has 0 aromatic heterocycles. The van der Waals surface area contributed by atoms with E-state index in [1.807, 2.05) is 0 Å². The Morgan fingerprint density at radius 2 is 1.10 bits per heavy atom. The molecule has 21 heavy (non-hydrogen) atoms. The van der Waals surface area contributed by atoms with Gasteiger partial charge in [-0.3, -0.25) is 0 Å². The molecular weight excluding hydrogens is 411 g/mol. The number of hydrogen-bond acceptors (Lipinski definition) is 4. The summed E-state index contributed by atoms with van der Waals surface area (Å²) in [6.07, 6.45) is 0. The van der Waals surface area contributed by atoms with Gasteiger partial charge < -0.3 is 0 Å². The molecule has 0 spiro atoms. The first-order valence-corrected chi connectivity index (χ1v) is 7.19. The Hall–Kier alpha value is -0.0300. The second-order valence-corrected chi connectivity index (χ2v) is 6.42. The van der Waals surface area contributed by atoms with E-state index in [2.05, 4.69) is 5.18 Å². The molecule has 1 aromatic rings. The van der Waals surface area contributed by atoms with Crippen molar-refractivity contribution in [2.75, 3.05) is 0 Å². The normalized spacial score (nSPS) is 12.6. The molecule has 0 atom stereocenters. The number of rotatable bonds is 3. The van der Waals surface area contributed by atoms with E-state index in [0.29, 0.717) is 0 Å². The molecule has 0 saturated carbocycles. The SMILES string of the molecule is O=Nc1c(Cl)c(SC(F)(F)F)c(Cl)c(SC(F)(F)F)c1Cl. The van der Waals surface area contributed by atoms with Gasteiger partial charge in [-0.2, -0.15) is 26.3 Å². The lowest BCUT2D eigenvalue weighted by Crippen LogP contribution is -2.03. The minimum absolute atomic E-state index is 0.867. The second kappa shape index (κ2) is 6.61. The van der Waals surface area contributed by atoms with E-state index < -0.39 is 65.1 Å². The molecule has 118 valence electrons. The predicted molar refractivity (Wildman–Crippen MR) is 70.8 cm³/mol. The molecule has 1 rings (SSSR count). The van der Waals surface area contributed by atoms with Crippen LogP contribution in [-0.2, 0) is 0 Å². The van der Waals surface area contributed by atoms with Crippen LogP contribution in [0.15, 0.2) is 15.0 Å². The third-order valence-electron chi connectivity index (χ3n) is 1.74. The Balaban J connectivity index is 3.58. The van der Waals surface area contributed by atoms with Gasteiger partial charge in [0.05, 0.1) is 24.9 Å². The average molecular weight is 411 g/mol. The highest BCUT2D eigenvalue weighted by molar-refractivity contribution is 8.01. The number of halogens is 9. The summed E-state index contributed by atoms with van der Waals surface area (Å²) in [5.41, 5.74) is -10.7. The molecule has 0 heterocycles. The molecule has 0 saturated heterocycles. The van der Waals surface area contributed by atoms with Crippen LogP contribution in [0.3, 0.4) is 0 Å². The van der Waals surface area contributed by atoms with Crippen molar-refractivity contribution in [3.8, 4) is 0 Å². The highest BCUT2D eigenvalue weighted by Gasteiger charge is 2.38. The number of thioether (sulfide) groups is 2. The Bertz CT molecular complexity index is 534. The van der Waals surface area contributed by atoms with Gasteiger partial charge in [0.2, 0.25) is 0 Å². The van der Waals surface area contributed by atoms with Crippen LogP contribution >= 0.6 is 58.3 Å². The van der Waals surface area contributed by atoms with E-state index in [1.165, 1.54) is 0 Å². The minimum Gasteiger partial charge on any atom is -0.160 e. The number of hydrogen-bond donors (Lipinski definition) is 0. The molecule has 2 nitrogen and oxygen atoms in total. The average Bonchev–Trinajstić information content (AvgIpc) is 2.29. The summed E-state index contributed by atoms with van der Waals surface area (Å²) in [4.78, 5) is 8.60. The van der Waals surface area contributed by atoms with Gasteiger partial charge in [0.1, 0.15) is 5.69 Å². The fraction of sp³-hybridized carbons (Fsp3) is 0.250. The first kappa shape index (κ1) is 19.0. The van der Waals surface area contributed by atoms with Crippen molar-refractivity contribution in [1.82, 2.24) is 0 Å². The number of nitrogens with zero attached hydrogens (tertiary/aromatic N) is 1. The number of alkyl halides is 6. The topological polar surface area (TPSA) is 29.4 Å². The van der Waals surface area contributed by atoms with Gasteiger partial charge in [-0.1, -0.05) is 34.8 Å². The molecule has 0 amide bonds. The van der Waals surface area contributed by atoms with Gasteiger partial charge in [0.15, 0.2) is 0 Å². The molecule has 0 aliphatic heterocycles. The summed E-state index contributed by atoms with van der Waals surface area (Å²) in [6.45, 7) is 0. The van der Waals surface area contributed by atoms with Gasteiger partial charge in [-0.15, -0.1) is 4.91 Å². The second-order valence-electron chi connectivity index (χ2n) is 3.14. The van der Waals surface area contributed by atoms with Gasteiger partial charge in [-0.25, -0.2) is 0 Å². The van der Waals surface area contributed by atoms with E-state index in [4.69, 9.17) is 34.8 Å². The first-order valence-electron chi connectivity index (χ1n) is 4.42. The Labute approximate surface area is 136 Å². The third kappa shape index (κ3) is 4.98. The molecule has 0 fully saturated rings. The monoisotopic (exact) mass is 409 g/mol. The van der Waals surface area contributed by atoms with E-state index in [1.54, 1.807) is 0 Å². The standard InChI is InChI=1S/C8Cl3F6NOS2/c9-1-4(18-19)2(10)6(21-8(15,16)17)3(11)5(1)20-7(12,13)14. The van der Waals surface area contributed by atoms with E-state index >= 15 is 0 Å². The van der Waals surface area contributed by atoms with Crippen molar-refractivity contribution >= 4 is 64.0 Å². The maximum absolute atomic E-state index is 12.4. The van der Waals surface area contributed by atoms with Crippen molar-refractivity contribution in [3.05, 3.63) is 20.0 Å². The zero-order valence-corrected chi connectivity index (χ0v) is 13.0. The third-order valence-corrected chi connectivity index (χ3v) is 4.99. The van der Waals surface area contributed by atoms with Crippen LogP contribution in [0, 0.1) is 4.91 Å². The molecule has 0 bridgehead atoms. The summed E-state index contributed by atoms with van der Waals surface area (Å²) in [5, 5.41) is -0.432. The zero-order chi connectivity index (χ0) is 16.6. The molecule has 0 radical (unpaired) electrons. The molecule has 1 aromatic carbocycles. The van der Waals surface area contributed by atoms with Crippen LogP contribution in [0.25, 0.3) is 0 Å². The van der Waals surface area contributed by atoms with Gasteiger partial charge in [0, 0.05) is 0 Å². The predicted octanol–water partition coefficient (Wildman–Crippen LogP) is 7.27. The molecule has 13 heteroatoms. The maximum Gasteiger partial charge on any atom is 0.446 e. The van der Waals surface area contributed by atoms with Crippen molar-refractivity contribution in [2.45, 2.75) is 20.8 Å². The quantitative estimate of drug-likeness (QED) is 0.298. The van der Waals surface area contributed by atoms with Gasteiger partial charge >= 0.3 is 11.0 Å². The first-order chi connectivity index (χ1) is 9.37. The Morgan fingerprint density at radius 3 is 1.33 bits per heavy atom. The lowest BCUT2D eigenvalue weighted by molar-refractivity contribution is -0.0334. The van der Waals surface area contributed by atoms with Crippen LogP contribution < -0.4 is 0 Å². The van der Waals surface area contributed by atoms with Crippen molar-refractivity contribution < 1.29 is 26.3 Å². The van der Waals surface area contributed by atoms with Crippen molar-refractivity contribution in [1.29, 1.82) is 0 Å². The Kier molecular flexibility index (Phi) is 5.99. The Morgan fingerprint density at radius 1 is 0.762 bits per heavy atom. The van der Waals surface area contributed by atoms with E-state index in [0.717, 1.165) is 0 Å². The smallest absolute Gasteiger partial charge is 0.160 e. The van der Waals surface area contributed by atoms with Gasteiger partial charge in [-0.05, 0) is 28.7 Å². The fourth-order valence-corrected chi connectivity index (χ4v) is 3.63. The highest BCUT2D eigenvalue weighted by atomic mass is 35.5. The molecular formula is C8Cl3F6NOS2. The van der Waals surface area contributed by atoms with Crippen molar-refractivity contribution in [2.24, 2.45) is 5.18 Å². The number of benzene rings is 1.